The highest BCUT2D eigenvalue weighted by Crippen LogP contribution is 2.46. The van der Waals surface area contributed by atoms with Gasteiger partial charge in [0.1, 0.15) is 5.65 Å². The molecule has 0 spiro atoms. The van der Waals surface area contributed by atoms with Crippen LogP contribution in [0.2, 0.25) is 0 Å². The van der Waals surface area contributed by atoms with Crippen LogP contribution in [0, 0.1) is 6.92 Å². The van der Waals surface area contributed by atoms with Gasteiger partial charge in [-0.15, -0.1) is 0 Å². The second-order valence-corrected chi connectivity index (χ2v) is 6.52. The lowest BCUT2D eigenvalue weighted by Gasteiger charge is -2.19. The molecular weight excluding hydrogens is 276 g/mol. The Bertz CT molecular complexity index is 1030. The zero-order chi connectivity index (χ0) is 14.0. The van der Waals surface area contributed by atoms with Crippen LogP contribution in [0.5, 0.6) is 0 Å². The first kappa shape index (κ1) is 11.4. The molecule has 21 heavy (non-hydrogen) atoms. The number of nitrogens with zero attached hydrogens (tertiary/aromatic N) is 2. The van der Waals surface area contributed by atoms with Gasteiger partial charge in [0.05, 0.1) is 11.2 Å². The van der Waals surface area contributed by atoms with Crippen molar-refractivity contribution in [1.29, 1.82) is 0 Å². The number of aromatic nitrogens is 2. The van der Waals surface area contributed by atoms with Crippen molar-refractivity contribution < 1.29 is 0 Å². The van der Waals surface area contributed by atoms with Crippen LogP contribution in [0.3, 0.4) is 0 Å². The van der Waals surface area contributed by atoms with Gasteiger partial charge in [-0.1, -0.05) is 30.0 Å². The van der Waals surface area contributed by atoms with E-state index in [4.69, 9.17) is 0 Å². The number of pyridine rings is 1. The Labute approximate surface area is 126 Å². The molecule has 3 heteroatoms. The van der Waals surface area contributed by atoms with E-state index in [1.165, 1.54) is 37.3 Å². The maximum Gasteiger partial charge on any atom is 0.145 e. The molecule has 0 atom stereocenters. The summed E-state index contributed by atoms with van der Waals surface area (Å²) in [5.74, 6) is 0. The summed E-state index contributed by atoms with van der Waals surface area (Å²) in [6.07, 6.45) is 1.87. The van der Waals surface area contributed by atoms with Crippen LogP contribution in [0.4, 0.5) is 0 Å². The first-order valence-corrected chi connectivity index (χ1v) is 7.81. The van der Waals surface area contributed by atoms with Crippen LogP contribution < -0.4 is 0 Å². The maximum absolute atomic E-state index is 4.64. The summed E-state index contributed by atoms with van der Waals surface area (Å²) in [6.45, 7) is 2.14. The van der Waals surface area contributed by atoms with E-state index in [1.54, 1.807) is 0 Å². The Morgan fingerprint density at radius 1 is 0.952 bits per heavy atom. The lowest BCUT2D eigenvalue weighted by atomic mass is 10.2. The SMILES string of the molecule is Cc1ccc2c(c1)Sc1cccc3c4cccnc4n-2c13. The molecule has 1 aliphatic heterocycles. The van der Waals surface area contributed by atoms with E-state index in [-0.39, 0.29) is 0 Å². The second-order valence-electron chi connectivity index (χ2n) is 5.44. The highest BCUT2D eigenvalue weighted by atomic mass is 32.2. The Balaban J connectivity index is 2.07. The van der Waals surface area contributed by atoms with Crippen LogP contribution in [0.1, 0.15) is 5.56 Å². The minimum atomic E-state index is 1.05. The van der Waals surface area contributed by atoms with E-state index in [0.29, 0.717) is 0 Å². The predicted molar refractivity (Wildman–Crippen MR) is 87.4 cm³/mol. The number of hydrogen-bond acceptors (Lipinski definition) is 2. The third-order valence-corrected chi connectivity index (χ3v) is 5.18. The number of aryl methyl sites for hydroxylation is 1. The van der Waals surface area contributed by atoms with Gasteiger partial charge in [-0.2, -0.15) is 0 Å². The number of rotatable bonds is 0. The van der Waals surface area contributed by atoms with E-state index in [9.17, 15) is 0 Å². The van der Waals surface area contributed by atoms with Crippen LogP contribution in [0.15, 0.2) is 64.5 Å². The standard InChI is InChI=1S/C18H12N2S/c1-11-7-8-14-16(10-11)21-15-6-2-4-12-13-5-3-9-19-18(13)20(14)17(12)15/h2-10H,1H3. The van der Waals surface area contributed by atoms with Gasteiger partial charge in [0, 0.05) is 26.8 Å². The Kier molecular flexibility index (Phi) is 2.11. The van der Waals surface area contributed by atoms with Crippen LogP contribution in [-0.2, 0) is 0 Å². The fraction of sp³-hybridized carbons (Fsp3) is 0.0556. The van der Waals surface area contributed by atoms with Crippen molar-refractivity contribution >= 4 is 33.7 Å². The van der Waals surface area contributed by atoms with E-state index < -0.39 is 0 Å². The Morgan fingerprint density at radius 3 is 2.81 bits per heavy atom. The van der Waals surface area contributed by atoms with Crippen molar-refractivity contribution in [3.05, 3.63) is 60.3 Å². The molecule has 2 aromatic carbocycles. The molecule has 1 aliphatic rings. The molecule has 5 rings (SSSR count). The minimum Gasteiger partial charge on any atom is -0.292 e. The second kappa shape index (κ2) is 3.89. The zero-order valence-electron chi connectivity index (χ0n) is 11.5. The molecule has 0 fully saturated rings. The molecule has 4 aromatic rings. The fourth-order valence-electron chi connectivity index (χ4n) is 3.18. The summed E-state index contributed by atoms with van der Waals surface area (Å²) in [6, 6.07) is 17.4. The average molecular weight is 288 g/mol. The molecule has 3 heterocycles. The highest BCUT2D eigenvalue weighted by Gasteiger charge is 2.22. The van der Waals surface area contributed by atoms with E-state index in [2.05, 4.69) is 58.9 Å². The lowest BCUT2D eigenvalue weighted by Crippen LogP contribution is -2.02. The monoisotopic (exact) mass is 288 g/mol. The van der Waals surface area contributed by atoms with Gasteiger partial charge in [-0.3, -0.25) is 4.57 Å². The third kappa shape index (κ3) is 1.41. The molecule has 0 radical (unpaired) electrons. The van der Waals surface area contributed by atoms with Gasteiger partial charge >= 0.3 is 0 Å². The predicted octanol–water partition coefficient (Wildman–Crippen LogP) is 4.95. The van der Waals surface area contributed by atoms with Gasteiger partial charge in [0.25, 0.3) is 0 Å². The number of benzene rings is 2. The third-order valence-electron chi connectivity index (χ3n) is 4.09. The van der Waals surface area contributed by atoms with Gasteiger partial charge < -0.3 is 0 Å². The van der Waals surface area contributed by atoms with E-state index in [0.717, 1.165) is 5.65 Å². The van der Waals surface area contributed by atoms with Crippen LogP contribution >= 0.6 is 11.8 Å². The van der Waals surface area contributed by atoms with Crippen molar-refractivity contribution in [2.24, 2.45) is 0 Å². The Hall–Kier alpha value is -2.26. The number of hydrogen-bond donors (Lipinski definition) is 0. The van der Waals surface area contributed by atoms with Gasteiger partial charge in [0.15, 0.2) is 0 Å². The molecule has 2 nitrogen and oxygen atoms in total. The molecule has 0 saturated heterocycles. The van der Waals surface area contributed by atoms with Crippen molar-refractivity contribution in [2.45, 2.75) is 16.7 Å². The van der Waals surface area contributed by atoms with E-state index >= 15 is 0 Å². The first-order chi connectivity index (χ1) is 10.3. The molecular formula is C18H12N2S. The molecule has 2 aromatic heterocycles. The highest BCUT2D eigenvalue weighted by molar-refractivity contribution is 7.99. The average Bonchev–Trinajstić information content (AvgIpc) is 2.84. The van der Waals surface area contributed by atoms with Crippen molar-refractivity contribution in [1.82, 2.24) is 9.55 Å². The molecule has 100 valence electrons. The fourth-order valence-corrected chi connectivity index (χ4v) is 4.37. The van der Waals surface area contributed by atoms with Crippen LogP contribution in [-0.4, -0.2) is 9.55 Å². The summed E-state index contributed by atoms with van der Waals surface area (Å²) >= 11 is 1.86. The van der Waals surface area contributed by atoms with Gasteiger partial charge in [-0.05, 0) is 42.8 Å². The molecule has 0 bridgehead atoms. The molecule has 0 N–H and O–H groups in total. The smallest absolute Gasteiger partial charge is 0.145 e. The zero-order valence-corrected chi connectivity index (χ0v) is 12.3. The summed E-state index contributed by atoms with van der Waals surface area (Å²) in [5.41, 5.74) is 4.86. The minimum absolute atomic E-state index is 1.05. The summed E-state index contributed by atoms with van der Waals surface area (Å²) in [4.78, 5) is 7.25. The summed E-state index contributed by atoms with van der Waals surface area (Å²) < 4.78 is 2.31. The normalized spacial score (nSPS) is 12.8. The topological polar surface area (TPSA) is 17.8 Å². The molecule has 0 aliphatic carbocycles. The van der Waals surface area contributed by atoms with Crippen LogP contribution in [0.25, 0.3) is 27.6 Å². The number of para-hydroxylation sites is 1. The summed E-state index contributed by atoms with van der Waals surface area (Å²) in [7, 11) is 0. The van der Waals surface area contributed by atoms with Gasteiger partial charge in [0.2, 0.25) is 0 Å². The largest absolute Gasteiger partial charge is 0.292 e. The first-order valence-electron chi connectivity index (χ1n) is 7.00. The molecule has 0 amide bonds. The van der Waals surface area contributed by atoms with Crippen molar-refractivity contribution in [3.8, 4) is 5.69 Å². The lowest BCUT2D eigenvalue weighted by molar-refractivity contribution is 1.06. The Morgan fingerprint density at radius 2 is 1.86 bits per heavy atom. The van der Waals surface area contributed by atoms with E-state index in [1.807, 2.05) is 24.0 Å². The molecule has 0 unspecified atom stereocenters. The number of fused-ring (bicyclic) bond motifs is 5. The summed E-state index contributed by atoms with van der Waals surface area (Å²) in [5, 5.41) is 2.51. The van der Waals surface area contributed by atoms with Gasteiger partial charge in [-0.25, -0.2) is 4.98 Å². The maximum atomic E-state index is 4.64. The van der Waals surface area contributed by atoms with Crippen molar-refractivity contribution in [3.63, 3.8) is 0 Å². The van der Waals surface area contributed by atoms with Crippen molar-refractivity contribution in [2.75, 3.05) is 0 Å². The quantitative estimate of drug-likeness (QED) is 0.401. The molecule has 0 saturated carbocycles.